The van der Waals surface area contributed by atoms with Crippen LogP contribution in [0, 0.1) is 7.14 Å². The smallest absolute Gasteiger partial charge is 0.0637 e. The van der Waals surface area contributed by atoms with Crippen LogP contribution in [0.3, 0.4) is 0 Å². The molecule has 1 atom stereocenters. The van der Waals surface area contributed by atoms with Crippen LogP contribution in [0.25, 0.3) is 16.7 Å². The van der Waals surface area contributed by atoms with Gasteiger partial charge in [0.15, 0.2) is 0 Å². The molecule has 0 saturated heterocycles. The molecular weight excluding hydrogens is 505 g/mol. The van der Waals surface area contributed by atoms with Gasteiger partial charge in [0.05, 0.1) is 7.85 Å². The topological polar surface area (TPSA) is 0 Å². The molecule has 0 aliphatic heterocycles. The molecule has 0 nitrogen and oxygen atoms in total. The van der Waals surface area contributed by atoms with Crippen LogP contribution >= 0.6 is 45.2 Å². The maximum absolute atomic E-state index is 6.14. The Balaban J connectivity index is 2.14. The minimum Gasteiger partial charge on any atom is -0.0637 e. The van der Waals surface area contributed by atoms with E-state index in [-0.39, 0.29) is 0 Å². The van der Waals surface area contributed by atoms with Crippen molar-refractivity contribution in [2.75, 3.05) is 0 Å². The fourth-order valence-corrected chi connectivity index (χ4v) is 5.02. The number of allylic oxidation sites excluding steroid dienone is 4. The predicted octanol–water partition coefficient (Wildman–Crippen LogP) is 6.35. The molecule has 0 amide bonds. The van der Waals surface area contributed by atoms with Gasteiger partial charge in [-0.25, -0.2) is 0 Å². The van der Waals surface area contributed by atoms with Crippen LogP contribution in [0.5, 0.6) is 0 Å². The van der Waals surface area contributed by atoms with Crippen molar-refractivity contribution >= 4 is 58.6 Å². The maximum Gasteiger partial charge on any atom is 0.0716 e. The summed E-state index contributed by atoms with van der Waals surface area (Å²) in [5.74, 6) is 0.365. The molecule has 2 aromatic carbocycles. The van der Waals surface area contributed by atoms with Crippen LogP contribution in [0.1, 0.15) is 30.9 Å². The summed E-state index contributed by atoms with van der Waals surface area (Å²) in [4.78, 5) is 0. The molecule has 0 saturated carbocycles. The second-order valence-corrected chi connectivity index (χ2v) is 8.75. The number of hydrogen-bond donors (Lipinski definition) is 0. The summed E-state index contributed by atoms with van der Waals surface area (Å²) in [5, 5.41) is 0. The molecule has 2 aliphatic rings. The average molecular weight is 520 g/mol. The van der Waals surface area contributed by atoms with Gasteiger partial charge in [-0.1, -0.05) is 24.0 Å². The van der Waals surface area contributed by atoms with Crippen molar-refractivity contribution < 1.29 is 0 Å². The van der Waals surface area contributed by atoms with Crippen molar-refractivity contribution in [3.05, 3.63) is 71.4 Å². The Labute approximate surface area is 166 Å². The Hall–Kier alpha value is -0.555. The molecular formula is C20H15BI2. The molecule has 0 bridgehead atoms. The highest BCUT2D eigenvalue weighted by molar-refractivity contribution is 14.1. The van der Waals surface area contributed by atoms with Gasteiger partial charge in [-0.15, -0.1) is 0 Å². The lowest BCUT2D eigenvalue weighted by Crippen LogP contribution is -2.10. The van der Waals surface area contributed by atoms with E-state index in [2.05, 4.69) is 95.4 Å². The summed E-state index contributed by atoms with van der Waals surface area (Å²) in [6, 6.07) is 13.6. The second kappa shape index (κ2) is 5.76. The van der Waals surface area contributed by atoms with Gasteiger partial charge < -0.3 is 0 Å². The third-order valence-electron chi connectivity index (χ3n) is 5.18. The summed E-state index contributed by atoms with van der Waals surface area (Å²) < 4.78 is 2.57. The first-order chi connectivity index (χ1) is 11.0. The molecule has 2 aromatic rings. The lowest BCUT2D eigenvalue weighted by Gasteiger charge is -2.30. The third kappa shape index (κ3) is 2.29. The van der Waals surface area contributed by atoms with Gasteiger partial charge >= 0.3 is 0 Å². The average Bonchev–Trinajstić information content (AvgIpc) is 2.79. The maximum atomic E-state index is 6.14. The van der Waals surface area contributed by atoms with Gasteiger partial charge in [-0.3, -0.25) is 0 Å². The fourth-order valence-electron chi connectivity index (χ4n) is 4.01. The van der Waals surface area contributed by atoms with Crippen LogP contribution in [-0.4, -0.2) is 7.85 Å². The van der Waals surface area contributed by atoms with Crippen molar-refractivity contribution in [2.24, 2.45) is 0 Å². The zero-order valence-corrected chi connectivity index (χ0v) is 17.4. The molecule has 4 rings (SSSR count). The lowest BCUT2D eigenvalue weighted by atomic mass is 9.73. The van der Waals surface area contributed by atoms with E-state index in [1.807, 2.05) is 0 Å². The van der Waals surface area contributed by atoms with Gasteiger partial charge in [0.2, 0.25) is 0 Å². The van der Waals surface area contributed by atoms with Gasteiger partial charge in [0, 0.05) is 13.1 Å². The van der Waals surface area contributed by atoms with Crippen LogP contribution < -0.4 is 0 Å². The standard InChI is InChI=1S/C20H15BI2/c1-10-11(2)19-16-7-12(22)3-5-14(16)15-6-4-13(23)8-17(15)20(19)18(10)9-21/h3-8,19H,9H2,1-2H3/t19-/m0/s1. The Morgan fingerprint density at radius 2 is 1.57 bits per heavy atom. The predicted molar refractivity (Wildman–Crippen MR) is 116 cm³/mol. The van der Waals surface area contributed by atoms with E-state index in [1.165, 1.54) is 51.7 Å². The van der Waals surface area contributed by atoms with E-state index >= 15 is 0 Å². The Kier molecular flexibility index (Phi) is 3.99. The van der Waals surface area contributed by atoms with Crippen LogP contribution in [-0.2, 0) is 0 Å². The van der Waals surface area contributed by atoms with Crippen molar-refractivity contribution in [3.63, 3.8) is 0 Å². The number of halogens is 2. The van der Waals surface area contributed by atoms with Gasteiger partial charge in [-0.05, 0) is 122 Å². The van der Waals surface area contributed by atoms with Crippen molar-refractivity contribution in [2.45, 2.75) is 26.1 Å². The monoisotopic (exact) mass is 520 g/mol. The highest BCUT2D eigenvalue weighted by Gasteiger charge is 2.36. The van der Waals surface area contributed by atoms with E-state index in [1.54, 1.807) is 0 Å². The van der Waals surface area contributed by atoms with E-state index in [4.69, 9.17) is 7.85 Å². The quantitative estimate of drug-likeness (QED) is 0.304. The van der Waals surface area contributed by atoms with E-state index in [0.29, 0.717) is 12.2 Å². The van der Waals surface area contributed by atoms with E-state index in [9.17, 15) is 0 Å². The first-order valence-corrected chi connectivity index (χ1v) is 9.89. The summed E-state index contributed by atoms with van der Waals surface area (Å²) in [6.07, 6.45) is 0.610. The molecule has 0 heterocycles. The minimum absolute atomic E-state index is 0.365. The molecule has 112 valence electrons. The summed E-state index contributed by atoms with van der Waals surface area (Å²) >= 11 is 4.82. The first kappa shape index (κ1) is 15.9. The van der Waals surface area contributed by atoms with Gasteiger partial charge in [0.1, 0.15) is 0 Å². The number of hydrogen-bond acceptors (Lipinski definition) is 0. The molecule has 2 radical (unpaired) electrons. The lowest BCUT2D eigenvalue weighted by molar-refractivity contribution is 1.01. The zero-order chi connectivity index (χ0) is 16.3. The van der Waals surface area contributed by atoms with Gasteiger partial charge in [0.25, 0.3) is 0 Å². The molecule has 0 fully saturated rings. The third-order valence-corrected chi connectivity index (χ3v) is 6.52. The molecule has 3 heteroatoms. The van der Waals surface area contributed by atoms with Crippen molar-refractivity contribution in [1.82, 2.24) is 0 Å². The summed E-state index contributed by atoms with van der Waals surface area (Å²) in [5.41, 5.74) is 11.1. The number of rotatable bonds is 1. The van der Waals surface area contributed by atoms with Crippen molar-refractivity contribution in [3.8, 4) is 11.1 Å². The molecule has 0 aromatic heterocycles. The summed E-state index contributed by atoms with van der Waals surface area (Å²) in [6.45, 7) is 4.50. The normalized spacial score (nSPS) is 18.9. The van der Waals surface area contributed by atoms with Crippen LogP contribution in [0.15, 0.2) is 53.1 Å². The largest absolute Gasteiger partial charge is 0.0716 e. The number of fused-ring (bicyclic) bond motifs is 6. The molecule has 23 heavy (non-hydrogen) atoms. The minimum atomic E-state index is 0.365. The highest BCUT2D eigenvalue weighted by Crippen LogP contribution is 2.56. The molecule has 0 spiro atoms. The van der Waals surface area contributed by atoms with Gasteiger partial charge in [-0.2, -0.15) is 0 Å². The zero-order valence-electron chi connectivity index (χ0n) is 13.1. The van der Waals surface area contributed by atoms with Crippen LogP contribution in [0.2, 0.25) is 6.32 Å². The fraction of sp³-hybridized carbons (Fsp3) is 0.200. The van der Waals surface area contributed by atoms with Crippen molar-refractivity contribution in [1.29, 1.82) is 0 Å². The summed E-state index contributed by atoms with van der Waals surface area (Å²) in [7, 11) is 6.14. The molecule has 0 N–H and O–H groups in total. The number of benzene rings is 2. The molecule has 2 aliphatic carbocycles. The molecule has 0 unspecified atom stereocenters. The van der Waals surface area contributed by atoms with E-state index in [0.717, 1.165) is 0 Å². The highest BCUT2D eigenvalue weighted by atomic mass is 127. The van der Waals surface area contributed by atoms with Crippen LogP contribution in [0.4, 0.5) is 0 Å². The Bertz CT molecular complexity index is 906. The second-order valence-electron chi connectivity index (χ2n) is 6.26. The Morgan fingerprint density at radius 1 is 0.913 bits per heavy atom. The Morgan fingerprint density at radius 3 is 2.26 bits per heavy atom. The first-order valence-electron chi connectivity index (χ1n) is 7.73. The van der Waals surface area contributed by atoms with E-state index < -0.39 is 0 Å². The SMILES string of the molecule is [B]CC1=C2c3cc(I)ccc3-c3ccc(I)cc3[C@@H]2C(C)=C1C.